The van der Waals surface area contributed by atoms with Gasteiger partial charge >= 0.3 is 0 Å². The van der Waals surface area contributed by atoms with E-state index < -0.39 is 0 Å². The van der Waals surface area contributed by atoms with E-state index in [4.69, 9.17) is 11.6 Å². The zero-order chi connectivity index (χ0) is 12.7. The van der Waals surface area contributed by atoms with E-state index in [1.807, 2.05) is 12.1 Å². The Labute approximate surface area is 111 Å². The quantitative estimate of drug-likeness (QED) is 0.764. The summed E-state index contributed by atoms with van der Waals surface area (Å²) in [5.74, 6) is 0.766. The van der Waals surface area contributed by atoms with E-state index in [0.29, 0.717) is 6.04 Å². The van der Waals surface area contributed by atoms with Crippen LogP contribution in [-0.4, -0.2) is 12.6 Å². The Morgan fingerprint density at radius 1 is 1.29 bits per heavy atom. The molecule has 0 fully saturated rings. The summed E-state index contributed by atoms with van der Waals surface area (Å²) in [6.45, 7) is 7.89. The summed E-state index contributed by atoms with van der Waals surface area (Å²) in [7, 11) is 0. The third-order valence-electron chi connectivity index (χ3n) is 3.03. The van der Waals surface area contributed by atoms with Gasteiger partial charge in [0.25, 0.3) is 0 Å². The van der Waals surface area contributed by atoms with Crippen LogP contribution in [0.3, 0.4) is 0 Å². The summed E-state index contributed by atoms with van der Waals surface area (Å²) >= 11 is 5.98. The number of nitrogens with one attached hydrogen (secondary N) is 1. The van der Waals surface area contributed by atoms with Gasteiger partial charge in [0, 0.05) is 11.1 Å². The second-order valence-electron chi connectivity index (χ2n) is 5.04. The van der Waals surface area contributed by atoms with E-state index in [0.717, 1.165) is 23.9 Å². The molecule has 17 heavy (non-hydrogen) atoms. The summed E-state index contributed by atoms with van der Waals surface area (Å²) in [6, 6.07) is 8.64. The topological polar surface area (TPSA) is 12.0 Å². The van der Waals surface area contributed by atoms with Gasteiger partial charge in [-0.3, -0.25) is 0 Å². The first kappa shape index (κ1) is 14.5. The molecule has 0 heterocycles. The van der Waals surface area contributed by atoms with Crippen molar-refractivity contribution in [2.75, 3.05) is 6.54 Å². The number of benzene rings is 1. The molecule has 0 aliphatic heterocycles. The summed E-state index contributed by atoms with van der Waals surface area (Å²) in [4.78, 5) is 0. The molecule has 1 aromatic rings. The van der Waals surface area contributed by atoms with E-state index in [-0.39, 0.29) is 0 Å². The summed E-state index contributed by atoms with van der Waals surface area (Å²) in [5.41, 5.74) is 1.31. The minimum atomic E-state index is 0.507. The molecule has 1 nitrogen and oxygen atoms in total. The molecule has 2 heteroatoms. The number of rotatable bonds is 7. The smallest absolute Gasteiger partial charge is 0.0408 e. The highest BCUT2D eigenvalue weighted by molar-refractivity contribution is 6.30. The molecule has 96 valence electrons. The maximum absolute atomic E-state index is 5.98. The van der Waals surface area contributed by atoms with E-state index in [1.165, 1.54) is 18.4 Å². The number of hydrogen-bond donors (Lipinski definition) is 1. The number of halogens is 1. The second-order valence-corrected chi connectivity index (χ2v) is 5.47. The first-order valence-electron chi connectivity index (χ1n) is 6.59. The lowest BCUT2D eigenvalue weighted by Crippen LogP contribution is -2.31. The van der Waals surface area contributed by atoms with Crippen molar-refractivity contribution in [1.82, 2.24) is 5.32 Å². The predicted octanol–water partition coefficient (Wildman–Crippen LogP) is 4.30. The maximum atomic E-state index is 5.98. The Morgan fingerprint density at radius 2 is 2.06 bits per heavy atom. The molecule has 0 radical (unpaired) electrons. The predicted molar refractivity (Wildman–Crippen MR) is 76.7 cm³/mol. The van der Waals surface area contributed by atoms with Gasteiger partial charge in [0.2, 0.25) is 0 Å². The molecule has 0 aliphatic carbocycles. The third kappa shape index (κ3) is 6.09. The average Bonchev–Trinajstić information content (AvgIpc) is 2.27. The molecule has 1 aromatic carbocycles. The van der Waals surface area contributed by atoms with Crippen LogP contribution < -0.4 is 5.32 Å². The van der Waals surface area contributed by atoms with E-state index in [9.17, 15) is 0 Å². The summed E-state index contributed by atoms with van der Waals surface area (Å²) in [6.07, 6.45) is 3.61. The first-order valence-corrected chi connectivity index (χ1v) is 6.97. The summed E-state index contributed by atoms with van der Waals surface area (Å²) in [5, 5.41) is 4.42. The largest absolute Gasteiger partial charge is 0.314 e. The lowest BCUT2D eigenvalue weighted by molar-refractivity contribution is 0.436. The molecule has 2 atom stereocenters. The molecule has 1 rings (SSSR count). The minimum Gasteiger partial charge on any atom is -0.314 e. The zero-order valence-corrected chi connectivity index (χ0v) is 11.9. The highest BCUT2D eigenvalue weighted by Gasteiger charge is 2.06. The molecule has 2 unspecified atom stereocenters. The lowest BCUT2D eigenvalue weighted by atomic mass is 10.0. The molecule has 0 saturated carbocycles. The van der Waals surface area contributed by atoms with E-state index >= 15 is 0 Å². The van der Waals surface area contributed by atoms with Gasteiger partial charge < -0.3 is 5.32 Å². The van der Waals surface area contributed by atoms with Crippen LogP contribution >= 0.6 is 11.6 Å². The minimum absolute atomic E-state index is 0.507. The molecule has 1 N–H and O–H groups in total. The average molecular weight is 254 g/mol. The Kier molecular flexibility index (Phi) is 6.61. The molecule has 0 aliphatic rings. The van der Waals surface area contributed by atoms with Crippen LogP contribution in [0.5, 0.6) is 0 Å². The highest BCUT2D eigenvalue weighted by Crippen LogP contribution is 2.12. The molecule has 0 amide bonds. The van der Waals surface area contributed by atoms with Gasteiger partial charge in [-0.1, -0.05) is 44.0 Å². The van der Waals surface area contributed by atoms with Crippen molar-refractivity contribution >= 4 is 11.6 Å². The normalized spacial score (nSPS) is 14.6. The fraction of sp³-hybridized carbons (Fsp3) is 0.600. The molecular weight excluding hydrogens is 230 g/mol. The van der Waals surface area contributed by atoms with Gasteiger partial charge in [0.15, 0.2) is 0 Å². The fourth-order valence-corrected chi connectivity index (χ4v) is 2.30. The van der Waals surface area contributed by atoms with Gasteiger partial charge in [-0.25, -0.2) is 0 Å². The van der Waals surface area contributed by atoms with Crippen LogP contribution in [0.4, 0.5) is 0 Å². The fourth-order valence-electron chi connectivity index (χ4n) is 2.09. The Morgan fingerprint density at radius 3 is 2.71 bits per heavy atom. The van der Waals surface area contributed by atoms with Crippen LogP contribution in [0, 0.1) is 5.92 Å². The zero-order valence-electron chi connectivity index (χ0n) is 11.2. The molecule has 0 saturated heterocycles. The Hall–Kier alpha value is -0.530. The van der Waals surface area contributed by atoms with Crippen LogP contribution in [-0.2, 0) is 6.42 Å². The van der Waals surface area contributed by atoms with Crippen LogP contribution in [0.2, 0.25) is 5.02 Å². The van der Waals surface area contributed by atoms with Crippen molar-refractivity contribution in [3.05, 3.63) is 34.9 Å². The van der Waals surface area contributed by atoms with Crippen molar-refractivity contribution in [2.45, 2.75) is 46.1 Å². The van der Waals surface area contributed by atoms with Crippen LogP contribution in [0.15, 0.2) is 24.3 Å². The SMILES string of the molecule is CCCC(C)CNC(C)Cc1cccc(Cl)c1. The van der Waals surface area contributed by atoms with Crippen LogP contribution in [0.1, 0.15) is 39.2 Å². The van der Waals surface area contributed by atoms with Crippen molar-refractivity contribution in [1.29, 1.82) is 0 Å². The van der Waals surface area contributed by atoms with Crippen molar-refractivity contribution in [3.8, 4) is 0 Å². The summed E-state index contributed by atoms with van der Waals surface area (Å²) < 4.78 is 0. The molecule has 0 aromatic heterocycles. The van der Waals surface area contributed by atoms with Crippen molar-refractivity contribution < 1.29 is 0 Å². The Balaban J connectivity index is 2.32. The van der Waals surface area contributed by atoms with Crippen LogP contribution in [0.25, 0.3) is 0 Å². The van der Waals surface area contributed by atoms with Gasteiger partial charge in [-0.15, -0.1) is 0 Å². The van der Waals surface area contributed by atoms with E-state index in [2.05, 4.69) is 38.2 Å². The van der Waals surface area contributed by atoms with Gasteiger partial charge in [-0.05, 0) is 49.9 Å². The van der Waals surface area contributed by atoms with Crippen molar-refractivity contribution in [2.24, 2.45) is 5.92 Å². The van der Waals surface area contributed by atoms with E-state index in [1.54, 1.807) is 0 Å². The highest BCUT2D eigenvalue weighted by atomic mass is 35.5. The second kappa shape index (κ2) is 7.73. The maximum Gasteiger partial charge on any atom is 0.0408 e. The molecule has 0 spiro atoms. The van der Waals surface area contributed by atoms with Gasteiger partial charge in [-0.2, -0.15) is 0 Å². The monoisotopic (exact) mass is 253 g/mol. The standard InChI is InChI=1S/C15H24ClN/c1-4-6-12(2)11-17-13(3)9-14-7-5-8-15(16)10-14/h5,7-8,10,12-13,17H,4,6,9,11H2,1-3H3. The molecular formula is C15H24ClN. The van der Waals surface area contributed by atoms with Gasteiger partial charge in [0.05, 0.1) is 0 Å². The lowest BCUT2D eigenvalue weighted by Gasteiger charge is -2.17. The first-order chi connectivity index (χ1) is 8.11. The van der Waals surface area contributed by atoms with Gasteiger partial charge in [0.1, 0.15) is 0 Å². The van der Waals surface area contributed by atoms with Crippen molar-refractivity contribution in [3.63, 3.8) is 0 Å². The molecule has 0 bridgehead atoms. The number of hydrogen-bond acceptors (Lipinski definition) is 1. The Bertz CT molecular complexity index is 324. The third-order valence-corrected chi connectivity index (χ3v) is 3.26.